The predicted molar refractivity (Wildman–Crippen MR) is 104 cm³/mol. The molecule has 2 amide bonds. The number of aromatic nitrogens is 1. The van der Waals surface area contributed by atoms with E-state index in [9.17, 15) is 14.7 Å². The lowest BCUT2D eigenvalue weighted by molar-refractivity contribution is -0.121. The van der Waals surface area contributed by atoms with Crippen LogP contribution in [0.1, 0.15) is 53.5 Å². The number of carbonyl (C=O) groups is 2. The van der Waals surface area contributed by atoms with Gasteiger partial charge in [-0.3, -0.25) is 9.59 Å². The minimum atomic E-state index is -0.491. The molecule has 2 aromatic rings. The number of benzene rings is 1. The average Bonchev–Trinajstić information content (AvgIpc) is 3.26. The van der Waals surface area contributed by atoms with Gasteiger partial charge in [-0.1, -0.05) is 23.7 Å². The highest BCUT2D eigenvalue weighted by Gasteiger charge is 2.29. The third-order valence-corrected chi connectivity index (χ3v) is 5.02. The van der Waals surface area contributed by atoms with Crippen molar-refractivity contribution in [3.63, 3.8) is 0 Å². The van der Waals surface area contributed by atoms with Crippen LogP contribution in [0.2, 0.25) is 5.02 Å². The van der Waals surface area contributed by atoms with Crippen LogP contribution >= 0.6 is 11.6 Å². The summed E-state index contributed by atoms with van der Waals surface area (Å²) in [6.45, 7) is 4.24. The van der Waals surface area contributed by atoms with Gasteiger partial charge in [0.15, 0.2) is 5.69 Å². The Hall–Kier alpha value is -2.38. The Morgan fingerprint density at radius 3 is 2.75 bits per heavy atom. The zero-order valence-corrected chi connectivity index (χ0v) is 16.7. The second-order valence-corrected chi connectivity index (χ2v) is 7.50. The number of hydrogen-bond acceptors (Lipinski definition) is 5. The first-order valence-corrected chi connectivity index (χ1v) is 9.69. The fourth-order valence-corrected chi connectivity index (χ4v) is 3.29. The van der Waals surface area contributed by atoms with Crippen LogP contribution in [0, 0.1) is 6.92 Å². The first-order valence-electron chi connectivity index (χ1n) is 9.32. The molecular weight excluding hydrogens is 382 g/mol. The molecule has 2 heterocycles. The number of nitrogens with zero attached hydrogens (tertiary/aromatic N) is 2. The first-order chi connectivity index (χ1) is 13.3. The number of amides is 2. The van der Waals surface area contributed by atoms with Gasteiger partial charge in [-0.15, -0.1) is 0 Å². The monoisotopic (exact) mass is 405 g/mol. The van der Waals surface area contributed by atoms with Gasteiger partial charge < -0.3 is 19.7 Å². The number of likely N-dealkylation sites (tertiary alicyclic amines) is 1. The molecule has 2 N–H and O–H groups in total. The number of oxazole rings is 1. The molecule has 0 aliphatic carbocycles. The molecule has 0 radical (unpaired) electrons. The van der Waals surface area contributed by atoms with Crippen molar-refractivity contribution in [2.45, 2.75) is 45.3 Å². The molecule has 28 heavy (non-hydrogen) atoms. The average molecular weight is 406 g/mol. The molecule has 1 fully saturated rings. The van der Waals surface area contributed by atoms with Crippen LogP contribution in [0.5, 0.6) is 0 Å². The molecule has 150 valence electrons. The number of aliphatic hydroxyl groups excluding tert-OH is 1. The van der Waals surface area contributed by atoms with Crippen molar-refractivity contribution in [2.24, 2.45) is 0 Å². The molecule has 0 bridgehead atoms. The maximum absolute atomic E-state index is 12.6. The molecule has 3 rings (SSSR count). The van der Waals surface area contributed by atoms with Crippen molar-refractivity contribution in [1.82, 2.24) is 15.2 Å². The summed E-state index contributed by atoms with van der Waals surface area (Å²) in [4.78, 5) is 30.6. The van der Waals surface area contributed by atoms with Crippen molar-refractivity contribution in [1.29, 1.82) is 0 Å². The van der Waals surface area contributed by atoms with Crippen LogP contribution in [-0.4, -0.2) is 46.0 Å². The lowest BCUT2D eigenvalue weighted by Crippen LogP contribution is -2.30. The van der Waals surface area contributed by atoms with E-state index in [4.69, 9.17) is 16.0 Å². The number of nitrogens with one attached hydrogen (secondary N) is 1. The molecule has 0 spiro atoms. The molecule has 1 aromatic carbocycles. The summed E-state index contributed by atoms with van der Waals surface area (Å²) in [5.41, 5.74) is 1.26. The van der Waals surface area contributed by atoms with Crippen LogP contribution in [0.25, 0.3) is 0 Å². The van der Waals surface area contributed by atoms with E-state index in [0.29, 0.717) is 49.0 Å². The summed E-state index contributed by atoms with van der Waals surface area (Å²) in [6, 6.07) is 6.92. The van der Waals surface area contributed by atoms with E-state index in [2.05, 4.69) is 10.3 Å². The van der Waals surface area contributed by atoms with Gasteiger partial charge in [-0.2, -0.15) is 0 Å². The fourth-order valence-electron chi connectivity index (χ4n) is 3.16. The number of hydrogen-bond donors (Lipinski definition) is 2. The summed E-state index contributed by atoms with van der Waals surface area (Å²) >= 11 is 5.86. The van der Waals surface area contributed by atoms with E-state index < -0.39 is 12.1 Å². The predicted octanol–water partition coefficient (Wildman–Crippen LogP) is 2.65. The number of carbonyl (C=O) groups excluding carboxylic acids is 2. The van der Waals surface area contributed by atoms with Crippen LogP contribution in [-0.2, 0) is 11.2 Å². The van der Waals surface area contributed by atoms with Gasteiger partial charge >= 0.3 is 0 Å². The zero-order chi connectivity index (χ0) is 20.3. The number of rotatable bonds is 6. The highest BCUT2D eigenvalue weighted by atomic mass is 35.5. The Balaban J connectivity index is 1.56. The highest BCUT2D eigenvalue weighted by molar-refractivity contribution is 6.30. The van der Waals surface area contributed by atoms with Crippen LogP contribution in [0.3, 0.4) is 0 Å². The van der Waals surface area contributed by atoms with E-state index in [1.54, 1.807) is 30.9 Å². The summed E-state index contributed by atoms with van der Waals surface area (Å²) in [6.07, 6.45) is 0.995. The lowest BCUT2D eigenvalue weighted by Gasteiger charge is -2.13. The molecule has 2 atom stereocenters. The Morgan fingerprint density at radius 1 is 1.39 bits per heavy atom. The van der Waals surface area contributed by atoms with Crippen molar-refractivity contribution >= 4 is 23.4 Å². The zero-order valence-electron chi connectivity index (χ0n) is 15.9. The number of halogens is 1. The summed E-state index contributed by atoms with van der Waals surface area (Å²) < 4.78 is 5.61. The minimum absolute atomic E-state index is 0.131. The van der Waals surface area contributed by atoms with Crippen LogP contribution in [0.15, 0.2) is 28.7 Å². The van der Waals surface area contributed by atoms with Gasteiger partial charge in [-0.05, 0) is 44.4 Å². The first kappa shape index (κ1) is 20.4. The smallest absolute Gasteiger partial charge is 0.276 e. The summed E-state index contributed by atoms with van der Waals surface area (Å²) in [5.74, 6) is 0.309. The molecule has 1 saturated heterocycles. The number of aliphatic hydroxyl groups is 1. The SMILES string of the molecule is Cc1oc([C@@H](C)NC(=O)CCc2ccc(Cl)cc2)nc1C(=O)N1CC[C@@H](O)C1. The Kier molecular flexibility index (Phi) is 6.36. The number of β-amino-alcohol motifs (C(OH)–C–C–N with tert-alkyl or cyclic N) is 1. The quantitative estimate of drug-likeness (QED) is 0.770. The molecule has 1 aliphatic rings. The van der Waals surface area contributed by atoms with Gasteiger partial charge in [0.05, 0.1) is 6.10 Å². The van der Waals surface area contributed by atoms with Gasteiger partial charge in [0.2, 0.25) is 11.8 Å². The highest BCUT2D eigenvalue weighted by Crippen LogP contribution is 2.20. The van der Waals surface area contributed by atoms with E-state index in [-0.39, 0.29) is 17.5 Å². The van der Waals surface area contributed by atoms with Gasteiger partial charge in [-0.25, -0.2) is 4.98 Å². The van der Waals surface area contributed by atoms with Crippen molar-refractivity contribution < 1.29 is 19.1 Å². The molecule has 0 saturated carbocycles. The lowest BCUT2D eigenvalue weighted by atomic mass is 10.1. The molecule has 8 heteroatoms. The second-order valence-electron chi connectivity index (χ2n) is 7.07. The summed E-state index contributed by atoms with van der Waals surface area (Å²) in [7, 11) is 0. The van der Waals surface area contributed by atoms with E-state index in [1.165, 1.54) is 0 Å². The van der Waals surface area contributed by atoms with Gasteiger partial charge in [0.1, 0.15) is 11.8 Å². The topological polar surface area (TPSA) is 95.7 Å². The fraction of sp³-hybridized carbons (Fsp3) is 0.450. The Bertz CT molecular complexity index is 850. The van der Waals surface area contributed by atoms with Crippen molar-refractivity contribution in [3.05, 3.63) is 52.2 Å². The molecular formula is C20H24ClN3O4. The third kappa shape index (κ3) is 4.91. The van der Waals surface area contributed by atoms with E-state index in [0.717, 1.165) is 5.56 Å². The van der Waals surface area contributed by atoms with Crippen LogP contribution in [0.4, 0.5) is 0 Å². The molecule has 1 aromatic heterocycles. The standard InChI is InChI=1S/C20H24ClN3O4/c1-12(22-17(26)8-5-14-3-6-15(21)7-4-14)19-23-18(13(2)28-19)20(27)24-10-9-16(25)11-24/h3-4,6-7,12,16,25H,5,8-11H2,1-2H3,(H,22,26)/t12-,16-/m1/s1. The van der Waals surface area contributed by atoms with E-state index >= 15 is 0 Å². The minimum Gasteiger partial charge on any atom is -0.443 e. The third-order valence-electron chi connectivity index (χ3n) is 4.77. The summed E-state index contributed by atoms with van der Waals surface area (Å²) in [5, 5.41) is 13.1. The maximum Gasteiger partial charge on any atom is 0.276 e. The van der Waals surface area contributed by atoms with Crippen molar-refractivity contribution in [2.75, 3.05) is 13.1 Å². The molecule has 7 nitrogen and oxygen atoms in total. The van der Waals surface area contributed by atoms with Crippen LogP contribution < -0.4 is 5.32 Å². The molecule has 1 aliphatic heterocycles. The van der Waals surface area contributed by atoms with Gasteiger partial charge in [0, 0.05) is 24.5 Å². The second kappa shape index (κ2) is 8.75. The normalized spacial score (nSPS) is 17.6. The van der Waals surface area contributed by atoms with E-state index in [1.807, 2.05) is 12.1 Å². The Morgan fingerprint density at radius 2 is 2.11 bits per heavy atom. The maximum atomic E-state index is 12.6. The number of aryl methyl sites for hydroxylation is 2. The largest absolute Gasteiger partial charge is 0.443 e. The van der Waals surface area contributed by atoms with Gasteiger partial charge in [0.25, 0.3) is 5.91 Å². The Labute approximate surface area is 168 Å². The van der Waals surface area contributed by atoms with Crippen molar-refractivity contribution in [3.8, 4) is 0 Å². The molecule has 0 unspecified atom stereocenters.